The van der Waals surface area contributed by atoms with Crippen LogP contribution in [0.25, 0.3) is 0 Å². The topological polar surface area (TPSA) is 63.6 Å². The lowest BCUT2D eigenvalue weighted by molar-refractivity contribution is -0.140. The van der Waals surface area contributed by atoms with Gasteiger partial charge in [-0.3, -0.25) is 9.59 Å². The van der Waals surface area contributed by atoms with Crippen LogP contribution in [0.15, 0.2) is 36.0 Å². The predicted octanol–water partition coefficient (Wildman–Crippen LogP) is 3.65. The molecule has 0 saturated heterocycles. The van der Waals surface area contributed by atoms with Gasteiger partial charge in [-0.15, -0.1) is 0 Å². The third-order valence-corrected chi connectivity index (χ3v) is 4.04. The molecular formula is C19H28O4. The van der Waals surface area contributed by atoms with E-state index >= 15 is 0 Å². The Morgan fingerprint density at radius 1 is 1.26 bits per heavy atom. The van der Waals surface area contributed by atoms with Gasteiger partial charge in [-0.1, -0.05) is 44.4 Å². The smallest absolute Gasteiger partial charge is 0.305 e. The highest BCUT2D eigenvalue weighted by Gasteiger charge is 2.36. The molecule has 0 saturated carbocycles. The molecule has 0 aliphatic heterocycles. The first kappa shape index (κ1) is 19.4. The van der Waals surface area contributed by atoms with E-state index < -0.39 is 5.60 Å². The highest BCUT2D eigenvalue weighted by atomic mass is 16.5. The molecular weight excluding hydrogens is 292 g/mol. The molecule has 23 heavy (non-hydrogen) atoms. The first-order valence-electron chi connectivity index (χ1n) is 8.43. The van der Waals surface area contributed by atoms with Crippen LogP contribution in [0.5, 0.6) is 0 Å². The first-order valence-corrected chi connectivity index (χ1v) is 8.43. The van der Waals surface area contributed by atoms with Gasteiger partial charge in [-0.25, -0.2) is 0 Å². The van der Waals surface area contributed by atoms with Crippen LogP contribution in [0.1, 0.15) is 58.3 Å². The summed E-state index contributed by atoms with van der Waals surface area (Å²) in [5, 5.41) is 10.7. The fourth-order valence-electron chi connectivity index (χ4n) is 2.65. The summed E-state index contributed by atoms with van der Waals surface area (Å²) in [5.74, 6) is -0.268. The van der Waals surface area contributed by atoms with E-state index in [1.807, 2.05) is 19.1 Å². The summed E-state index contributed by atoms with van der Waals surface area (Å²) in [4.78, 5) is 22.8. The first-order chi connectivity index (χ1) is 11.0. The monoisotopic (exact) mass is 320 g/mol. The van der Waals surface area contributed by atoms with Crippen molar-refractivity contribution in [3.05, 3.63) is 36.0 Å². The number of rotatable bonds is 10. The number of aliphatic hydroxyl groups is 1. The molecule has 128 valence electrons. The van der Waals surface area contributed by atoms with E-state index in [4.69, 9.17) is 0 Å². The average Bonchev–Trinajstić information content (AvgIpc) is 2.82. The lowest BCUT2D eigenvalue weighted by atomic mass is 9.90. The van der Waals surface area contributed by atoms with Crippen LogP contribution in [-0.4, -0.2) is 29.6 Å². The maximum Gasteiger partial charge on any atom is 0.305 e. The van der Waals surface area contributed by atoms with Gasteiger partial charge >= 0.3 is 5.97 Å². The van der Waals surface area contributed by atoms with E-state index in [1.54, 1.807) is 12.2 Å². The van der Waals surface area contributed by atoms with Crippen molar-refractivity contribution in [1.29, 1.82) is 0 Å². The van der Waals surface area contributed by atoms with E-state index in [1.165, 1.54) is 13.2 Å². The maximum absolute atomic E-state index is 11.9. The Bertz CT molecular complexity index is 488. The summed E-state index contributed by atoms with van der Waals surface area (Å²) in [6.07, 6.45) is 15.2. The van der Waals surface area contributed by atoms with Crippen LogP contribution in [0.3, 0.4) is 0 Å². The molecule has 1 aliphatic carbocycles. The summed E-state index contributed by atoms with van der Waals surface area (Å²) in [6.45, 7) is 2.02. The van der Waals surface area contributed by atoms with Gasteiger partial charge in [0.1, 0.15) is 5.60 Å². The van der Waals surface area contributed by atoms with E-state index in [9.17, 15) is 14.7 Å². The quantitative estimate of drug-likeness (QED) is 0.379. The van der Waals surface area contributed by atoms with E-state index in [0.717, 1.165) is 38.5 Å². The molecule has 1 rings (SSSR count). The number of allylic oxidation sites excluding steroid dienone is 4. The number of hydrogen-bond donors (Lipinski definition) is 1. The fraction of sp³-hybridized carbons (Fsp3) is 0.579. The normalized spacial score (nSPS) is 22.4. The van der Waals surface area contributed by atoms with Gasteiger partial charge in [0.25, 0.3) is 0 Å². The molecule has 0 spiro atoms. The minimum absolute atomic E-state index is 0.105. The summed E-state index contributed by atoms with van der Waals surface area (Å²) in [7, 11) is 1.40. The van der Waals surface area contributed by atoms with Crippen LogP contribution in [0, 0.1) is 0 Å². The van der Waals surface area contributed by atoms with Crippen LogP contribution in [0.4, 0.5) is 0 Å². The van der Waals surface area contributed by atoms with Crippen molar-refractivity contribution >= 4 is 11.8 Å². The number of hydrogen-bond acceptors (Lipinski definition) is 4. The van der Waals surface area contributed by atoms with Gasteiger partial charge in [-0.2, -0.15) is 0 Å². The van der Waals surface area contributed by atoms with Crippen molar-refractivity contribution in [1.82, 2.24) is 0 Å². The molecule has 1 unspecified atom stereocenters. The van der Waals surface area contributed by atoms with Crippen molar-refractivity contribution in [3.63, 3.8) is 0 Å². The van der Waals surface area contributed by atoms with Gasteiger partial charge in [0.15, 0.2) is 5.78 Å². The maximum atomic E-state index is 11.9. The minimum Gasteiger partial charge on any atom is -0.469 e. The highest BCUT2D eigenvalue weighted by Crippen LogP contribution is 2.31. The predicted molar refractivity (Wildman–Crippen MR) is 90.9 cm³/mol. The molecule has 1 atom stereocenters. The summed E-state index contributed by atoms with van der Waals surface area (Å²) in [6, 6.07) is 0. The Morgan fingerprint density at radius 3 is 2.65 bits per heavy atom. The number of ketones is 1. The highest BCUT2D eigenvalue weighted by molar-refractivity contribution is 6.09. The standard InChI is InChI=1S/C19H28O4/c1-3-4-8-11-16-17(20)13-15-19(16,22)14-10-7-5-6-9-12-18(21)23-2/h4,8,11,13,15,22H,3,5-7,9-10,12,14H2,1-2H3/b8-4+,16-11-. The fourth-order valence-corrected chi connectivity index (χ4v) is 2.65. The second kappa shape index (κ2) is 10.2. The van der Waals surface area contributed by atoms with E-state index in [-0.39, 0.29) is 11.8 Å². The zero-order valence-corrected chi connectivity index (χ0v) is 14.2. The Kier molecular flexibility index (Phi) is 8.56. The molecule has 0 fully saturated rings. The Hall–Kier alpha value is -1.68. The zero-order chi connectivity index (χ0) is 17.1. The molecule has 4 nitrogen and oxygen atoms in total. The largest absolute Gasteiger partial charge is 0.469 e. The molecule has 0 aromatic heterocycles. The number of unbranched alkanes of at least 4 members (excludes halogenated alkanes) is 4. The molecule has 0 amide bonds. The molecule has 4 heteroatoms. The molecule has 1 N–H and O–H groups in total. The van der Waals surface area contributed by atoms with E-state index in [0.29, 0.717) is 18.4 Å². The van der Waals surface area contributed by atoms with Crippen LogP contribution in [-0.2, 0) is 14.3 Å². The van der Waals surface area contributed by atoms with Gasteiger partial charge in [0.05, 0.1) is 7.11 Å². The van der Waals surface area contributed by atoms with Crippen LogP contribution >= 0.6 is 0 Å². The van der Waals surface area contributed by atoms with Gasteiger partial charge in [-0.05, 0) is 37.8 Å². The summed E-state index contributed by atoms with van der Waals surface area (Å²) >= 11 is 0. The lowest BCUT2D eigenvalue weighted by Gasteiger charge is -2.22. The number of carbonyl (C=O) groups excluding carboxylic acids is 2. The van der Waals surface area contributed by atoms with Crippen LogP contribution < -0.4 is 0 Å². The molecule has 1 aliphatic rings. The third-order valence-electron chi connectivity index (χ3n) is 4.04. The van der Waals surface area contributed by atoms with E-state index in [2.05, 4.69) is 4.74 Å². The lowest BCUT2D eigenvalue weighted by Crippen LogP contribution is -2.27. The second-order valence-electron chi connectivity index (χ2n) is 5.88. The second-order valence-corrected chi connectivity index (χ2v) is 5.88. The Morgan fingerprint density at radius 2 is 1.96 bits per heavy atom. The average molecular weight is 320 g/mol. The van der Waals surface area contributed by atoms with Crippen LogP contribution in [0.2, 0.25) is 0 Å². The Balaban J connectivity index is 2.33. The molecule has 0 bridgehead atoms. The van der Waals surface area contributed by atoms with Crippen molar-refractivity contribution in [2.45, 2.75) is 63.9 Å². The number of methoxy groups -OCH3 is 1. The third kappa shape index (κ3) is 6.53. The van der Waals surface area contributed by atoms with Crippen molar-refractivity contribution < 1.29 is 19.4 Å². The molecule has 0 heterocycles. The molecule has 0 aromatic rings. The molecule has 0 radical (unpaired) electrons. The SMILES string of the molecule is CC/C=C/C=C1/C(=O)C=CC1(O)CCCCCCCC(=O)OC. The van der Waals surface area contributed by atoms with Crippen molar-refractivity contribution in [2.24, 2.45) is 0 Å². The van der Waals surface area contributed by atoms with Gasteiger partial charge in [0, 0.05) is 12.0 Å². The summed E-state index contributed by atoms with van der Waals surface area (Å²) in [5.41, 5.74) is -0.658. The van der Waals surface area contributed by atoms with Crippen molar-refractivity contribution in [2.75, 3.05) is 7.11 Å². The number of carbonyl (C=O) groups is 2. The molecule has 0 aromatic carbocycles. The van der Waals surface area contributed by atoms with Gasteiger partial charge in [0.2, 0.25) is 0 Å². The number of ether oxygens (including phenoxy) is 1. The summed E-state index contributed by atoms with van der Waals surface area (Å²) < 4.78 is 4.60. The zero-order valence-electron chi connectivity index (χ0n) is 14.2. The Labute approximate surface area is 138 Å². The van der Waals surface area contributed by atoms with Crippen molar-refractivity contribution in [3.8, 4) is 0 Å². The minimum atomic E-state index is -1.12. The van der Waals surface area contributed by atoms with Gasteiger partial charge < -0.3 is 9.84 Å². The number of esters is 1.